The second-order valence-electron chi connectivity index (χ2n) is 6.92. The zero-order valence-corrected chi connectivity index (χ0v) is 15.3. The number of Topliss-reactive ketones (excluding diaryl/α,β-unsaturated/α-hetero) is 1. The van der Waals surface area contributed by atoms with Crippen LogP contribution in [0.1, 0.15) is 28.9 Å². The number of aryl methyl sites for hydroxylation is 1. The molecule has 4 aromatic rings. The summed E-state index contributed by atoms with van der Waals surface area (Å²) in [6.07, 6.45) is 1.95. The average molecular weight is 371 g/mol. The van der Waals surface area contributed by atoms with Crippen LogP contribution in [0.3, 0.4) is 0 Å². The van der Waals surface area contributed by atoms with Crippen molar-refractivity contribution < 1.29 is 13.9 Å². The molecule has 0 bridgehead atoms. The molecule has 0 fully saturated rings. The Labute approximate surface area is 160 Å². The number of fused-ring (bicyclic) bond motifs is 4. The summed E-state index contributed by atoms with van der Waals surface area (Å²) >= 11 is 0. The monoisotopic (exact) mass is 371 g/mol. The van der Waals surface area contributed by atoms with Crippen molar-refractivity contribution in [1.29, 1.82) is 0 Å². The van der Waals surface area contributed by atoms with Crippen LogP contribution in [0.4, 0.5) is 0 Å². The Bertz CT molecular complexity index is 1300. The van der Waals surface area contributed by atoms with E-state index in [9.17, 15) is 9.59 Å². The number of rotatable bonds is 2. The Morgan fingerprint density at radius 3 is 2.54 bits per heavy atom. The summed E-state index contributed by atoms with van der Waals surface area (Å²) in [4.78, 5) is 30.6. The van der Waals surface area contributed by atoms with E-state index >= 15 is 0 Å². The molecule has 2 aromatic carbocycles. The number of nitrogens with zero attached hydrogens (tertiary/aromatic N) is 1. The van der Waals surface area contributed by atoms with E-state index in [1.165, 1.54) is 0 Å². The van der Waals surface area contributed by atoms with Gasteiger partial charge in [0.25, 0.3) is 0 Å². The summed E-state index contributed by atoms with van der Waals surface area (Å²) in [6, 6.07) is 14.7. The molecule has 1 aliphatic rings. The van der Waals surface area contributed by atoms with Crippen molar-refractivity contribution in [3.8, 4) is 16.9 Å². The van der Waals surface area contributed by atoms with Crippen molar-refractivity contribution in [1.82, 2.24) is 4.98 Å². The second kappa shape index (κ2) is 6.30. The number of ether oxygens (including phenoxy) is 1. The summed E-state index contributed by atoms with van der Waals surface area (Å²) in [5.74, 6) is 0.730. The smallest absolute Gasteiger partial charge is 0.346 e. The number of pyridine rings is 1. The van der Waals surface area contributed by atoms with Crippen LogP contribution in [0.25, 0.3) is 33.0 Å². The molecule has 2 heterocycles. The summed E-state index contributed by atoms with van der Waals surface area (Å²) in [6.45, 7) is 0. The van der Waals surface area contributed by atoms with Crippen LogP contribution in [-0.4, -0.2) is 17.9 Å². The molecular weight excluding hydrogens is 354 g/mol. The van der Waals surface area contributed by atoms with Crippen LogP contribution >= 0.6 is 0 Å². The fourth-order valence-electron chi connectivity index (χ4n) is 4.00. The Morgan fingerprint density at radius 2 is 1.75 bits per heavy atom. The minimum Gasteiger partial charge on any atom is -0.497 e. The van der Waals surface area contributed by atoms with E-state index in [1.807, 2.05) is 42.5 Å². The van der Waals surface area contributed by atoms with Crippen molar-refractivity contribution in [3.05, 3.63) is 70.2 Å². The van der Waals surface area contributed by atoms with Crippen LogP contribution in [0.2, 0.25) is 0 Å². The van der Waals surface area contributed by atoms with E-state index in [0.29, 0.717) is 46.2 Å². The number of ketones is 1. The van der Waals surface area contributed by atoms with Gasteiger partial charge in [0.15, 0.2) is 5.78 Å². The van der Waals surface area contributed by atoms with Gasteiger partial charge in [-0.25, -0.2) is 4.79 Å². The average Bonchev–Trinajstić information content (AvgIpc) is 2.73. The van der Waals surface area contributed by atoms with Gasteiger partial charge in [0, 0.05) is 22.9 Å². The molecule has 28 heavy (non-hydrogen) atoms. The molecule has 0 saturated carbocycles. The number of carbonyl (C=O) groups is 1. The van der Waals surface area contributed by atoms with Crippen molar-refractivity contribution in [2.75, 3.05) is 7.11 Å². The lowest BCUT2D eigenvalue weighted by molar-refractivity contribution is 0.0972. The van der Waals surface area contributed by atoms with Gasteiger partial charge in [-0.2, -0.15) is 0 Å². The Morgan fingerprint density at radius 1 is 0.964 bits per heavy atom. The molecule has 0 saturated heterocycles. The Balaban J connectivity index is 1.98. The normalized spacial score (nSPS) is 13.7. The zero-order valence-electron chi connectivity index (χ0n) is 15.3. The fraction of sp³-hybridized carbons (Fsp3) is 0.174. The quantitative estimate of drug-likeness (QED) is 0.382. The lowest BCUT2D eigenvalue weighted by Gasteiger charge is -2.20. The summed E-state index contributed by atoms with van der Waals surface area (Å²) < 4.78 is 10.8. The van der Waals surface area contributed by atoms with Gasteiger partial charge in [0.05, 0.1) is 23.7 Å². The number of hydrogen-bond acceptors (Lipinski definition) is 5. The van der Waals surface area contributed by atoms with Gasteiger partial charge in [-0.05, 0) is 42.7 Å². The van der Waals surface area contributed by atoms with Crippen molar-refractivity contribution in [2.45, 2.75) is 19.3 Å². The third kappa shape index (κ3) is 2.43. The van der Waals surface area contributed by atoms with Gasteiger partial charge in [-0.3, -0.25) is 9.78 Å². The molecule has 0 atom stereocenters. The Hall–Kier alpha value is -3.47. The molecule has 0 N–H and O–H groups in total. The first-order valence-corrected chi connectivity index (χ1v) is 9.23. The van der Waals surface area contributed by atoms with E-state index in [0.717, 1.165) is 23.1 Å². The maximum atomic E-state index is 13.0. The first-order chi connectivity index (χ1) is 13.7. The van der Waals surface area contributed by atoms with Gasteiger partial charge in [-0.1, -0.05) is 24.3 Å². The topological polar surface area (TPSA) is 69.4 Å². The van der Waals surface area contributed by atoms with E-state index in [-0.39, 0.29) is 5.78 Å². The molecule has 5 nitrogen and oxygen atoms in total. The van der Waals surface area contributed by atoms with Crippen molar-refractivity contribution in [2.24, 2.45) is 0 Å². The number of hydrogen-bond donors (Lipinski definition) is 0. The highest BCUT2D eigenvalue weighted by molar-refractivity contribution is 6.15. The maximum Gasteiger partial charge on any atom is 0.346 e. The molecule has 0 spiro atoms. The van der Waals surface area contributed by atoms with Crippen LogP contribution < -0.4 is 10.4 Å². The summed E-state index contributed by atoms with van der Waals surface area (Å²) in [5.41, 5.74) is 3.31. The predicted octanol–water partition coefficient (Wildman–Crippen LogP) is 4.54. The molecule has 0 aliphatic heterocycles. The van der Waals surface area contributed by atoms with Crippen LogP contribution in [0.15, 0.2) is 57.7 Å². The lowest BCUT2D eigenvalue weighted by atomic mass is 9.86. The number of aromatic nitrogens is 1. The molecule has 1 aliphatic carbocycles. The second-order valence-corrected chi connectivity index (χ2v) is 6.92. The molecule has 5 rings (SSSR count). The highest BCUT2D eigenvalue weighted by Crippen LogP contribution is 2.37. The number of para-hydroxylation sites is 1. The third-order valence-electron chi connectivity index (χ3n) is 5.30. The molecule has 138 valence electrons. The van der Waals surface area contributed by atoms with Gasteiger partial charge >= 0.3 is 5.63 Å². The van der Waals surface area contributed by atoms with Gasteiger partial charge in [-0.15, -0.1) is 0 Å². The standard InChI is InChI=1S/C23H17NO4/c1-27-14-11-9-13(10-12-14)19-20-16(6-4-7-17(20)25)24-22-15-5-2-3-8-18(15)28-23(26)21(19)22/h2-3,5,8-12H,4,6-7H2,1H3. The van der Waals surface area contributed by atoms with E-state index in [1.54, 1.807) is 13.2 Å². The maximum absolute atomic E-state index is 13.0. The Kier molecular flexibility index (Phi) is 3.76. The highest BCUT2D eigenvalue weighted by atomic mass is 16.5. The molecule has 0 amide bonds. The van der Waals surface area contributed by atoms with Gasteiger partial charge < -0.3 is 9.15 Å². The molecule has 5 heteroatoms. The lowest BCUT2D eigenvalue weighted by Crippen LogP contribution is -2.17. The number of benzene rings is 2. The summed E-state index contributed by atoms with van der Waals surface area (Å²) in [5, 5.41) is 1.13. The first-order valence-electron chi connectivity index (χ1n) is 9.23. The number of methoxy groups -OCH3 is 1. The van der Waals surface area contributed by atoms with Gasteiger partial charge in [0.1, 0.15) is 11.3 Å². The number of carbonyl (C=O) groups excluding carboxylic acids is 1. The summed E-state index contributed by atoms with van der Waals surface area (Å²) in [7, 11) is 1.60. The first kappa shape index (κ1) is 16.7. The SMILES string of the molecule is COc1ccc(-c2c3c(nc4c2c(=O)oc2ccccc24)CCCC3=O)cc1. The zero-order chi connectivity index (χ0) is 19.3. The predicted molar refractivity (Wildman–Crippen MR) is 107 cm³/mol. The highest BCUT2D eigenvalue weighted by Gasteiger charge is 2.27. The van der Waals surface area contributed by atoms with Gasteiger partial charge in [0.2, 0.25) is 0 Å². The van der Waals surface area contributed by atoms with E-state index in [4.69, 9.17) is 14.1 Å². The minimum atomic E-state index is -0.479. The van der Waals surface area contributed by atoms with Crippen LogP contribution in [-0.2, 0) is 6.42 Å². The third-order valence-corrected chi connectivity index (χ3v) is 5.30. The van der Waals surface area contributed by atoms with E-state index in [2.05, 4.69) is 0 Å². The van der Waals surface area contributed by atoms with E-state index < -0.39 is 5.63 Å². The molecule has 0 radical (unpaired) electrons. The largest absolute Gasteiger partial charge is 0.497 e. The van der Waals surface area contributed by atoms with Crippen LogP contribution in [0.5, 0.6) is 5.75 Å². The minimum absolute atomic E-state index is 0.0222. The van der Waals surface area contributed by atoms with Crippen LogP contribution in [0, 0.1) is 0 Å². The van der Waals surface area contributed by atoms with Crippen molar-refractivity contribution >= 4 is 27.7 Å². The molecular formula is C23H17NO4. The molecule has 2 aromatic heterocycles. The molecule has 0 unspecified atom stereocenters. The van der Waals surface area contributed by atoms with Crippen molar-refractivity contribution in [3.63, 3.8) is 0 Å². The fourth-order valence-corrected chi connectivity index (χ4v) is 4.00.